The van der Waals surface area contributed by atoms with Crippen molar-refractivity contribution in [2.45, 2.75) is 6.67 Å². The lowest BCUT2D eigenvalue weighted by Gasteiger charge is -2.16. The van der Waals surface area contributed by atoms with Gasteiger partial charge < -0.3 is 8.98 Å². The molecule has 0 aliphatic rings. The minimum atomic E-state index is 0.400. The van der Waals surface area contributed by atoms with Crippen LogP contribution >= 0.6 is 11.3 Å². The Labute approximate surface area is 302 Å². The van der Waals surface area contributed by atoms with Crippen LogP contribution in [0.3, 0.4) is 0 Å². The molecule has 0 N–H and O–H groups in total. The fourth-order valence-corrected chi connectivity index (χ4v) is 9.53. The molecule has 0 saturated heterocycles. The summed E-state index contributed by atoms with van der Waals surface area (Å²) >= 11 is 1.86. The van der Waals surface area contributed by atoms with Crippen molar-refractivity contribution in [3.05, 3.63) is 163 Å². The van der Waals surface area contributed by atoms with E-state index in [0.717, 1.165) is 66.5 Å². The molecule has 0 aliphatic heterocycles. The smallest absolute Gasteiger partial charge is 0.143 e. The summed E-state index contributed by atoms with van der Waals surface area (Å²) in [5, 5.41) is 9.60. The Bertz CT molecular complexity index is 3230. The van der Waals surface area contributed by atoms with Gasteiger partial charge in [-0.25, -0.2) is 0 Å². The number of hydrogen-bond donors (Lipinski definition) is 0. The Hall–Kier alpha value is -6.56. The molecule has 4 nitrogen and oxygen atoms in total. The van der Waals surface area contributed by atoms with Gasteiger partial charge in [-0.2, -0.15) is 0 Å². The van der Waals surface area contributed by atoms with Crippen molar-refractivity contribution in [2.75, 3.05) is 0 Å². The highest BCUT2D eigenvalue weighted by Crippen LogP contribution is 2.48. The van der Waals surface area contributed by atoms with E-state index in [0.29, 0.717) is 6.67 Å². The topological polar surface area (TPSA) is 42.8 Å². The van der Waals surface area contributed by atoms with Crippen LogP contribution in [-0.2, 0) is 6.67 Å². The second-order valence-corrected chi connectivity index (χ2v) is 14.4. The van der Waals surface area contributed by atoms with E-state index in [1.807, 2.05) is 29.5 Å². The van der Waals surface area contributed by atoms with Crippen LogP contribution in [0.5, 0.6) is 0 Å². The Kier molecular flexibility index (Phi) is 6.30. The van der Waals surface area contributed by atoms with Gasteiger partial charge in [0.2, 0.25) is 0 Å². The number of fused-ring (bicyclic) bond motifs is 8. The molecule has 5 heteroatoms. The molecule has 0 radical (unpaired) electrons. The number of aliphatic imine (C=N–C) groups is 2. The highest BCUT2D eigenvalue weighted by atomic mass is 32.1. The first-order chi connectivity index (χ1) is 25.8. The number of para-hydroxylation sites is 2. The molecule has 0 saturated carbocycles. The quantitative estimate of drug-likeness (QED) is 0.127. The van der Waals surface area contributed by atoms with Crippen LogP contribution < -0.4 is 0 Å². The summed E-state index contributed by atoms with van der Waals surface area (Å²) in [5.74, 6) is 0. The van der Waals surface area contributed by atoms with Crippen molar-refractivity contribution >= 4 is 104 Å². The largest absolute Gasteiger partial charge is 0.455 e. The molecular formula is C47H29N3OS. The van der Waals surface area contributed by atoms with E-state index in [4.69, 9.17) is 9.41 Å². The molecule has 0 amide bonds. The molecule has 3 heterocycles. The van der Waals surface area contributed by atoms with Gasteiger partial charge >= 0.3 is 0 Å². The number of thiophene rings is 1. The predicted molar refractivity (Wildman–Crippen MR) is 221 cm³/mol. The Morgan fingerprint density at radius 3 is 2.27 bits per heavy atom. The molecule has 0 atom stereocenters. The lowest BCUT2D eigenvalue weighted by Crippen LogP contribution is -2.08. The SMILES string of the molecule is C=Nc1ccccc1/C(=N\Cn1c2cc3c4ccccc4oc3c3ccc4cc5c6ccccc6sc5c1c4c32)c1ccccc1-c1ccccc1. The third-order valence-corrected chi connectivity index (χ3v) is 11.8. The van der Waals surface area contributed by atoms with Crippen LogP contribution in [0.4, 0.5) is 5.69 Å². The van der Waals surface area contributed by atoms with Crippen molar-refractivity contribution in [3.8, 4) is 11.1 Å². The molecular weight excluding hydrogens is 655 g/mol. The van der Waals surface area contributed by atoms with Crippen LogP contribution in [-0.4, -0.2) is 17.0 Å². The molecule has 244 valence electrons. The minimum absolute atomic E-state index is 0.400. The second kappa shape index (κ2) is 11.2. The summed E-state index contributed by atoms with van der Waals surface area (Å²) in [6.45, 7) is 4.35. The van der Waals surface area contributed by atoms with Crippen LogP contribution in [0.1, 0.15) is 11.1 Å². The van der Waals surface area contributed by atoms with Gasteiger partial charge in [-0.3, -0.25) is 9.98 Å². The Morgan fingerprint density at radius 1 is 0.635 bits per heavy atom. The highest BCUT2D eigenvalue weighted by Gasteiger charge is 2.24. The van der Waals surface area contributed by atoms with Crippen molar-refractivity contribution in [1.29, 1.82) is 0 Å². The molecule has 11 rings (SSSR count). The lowest BCUT2D eigenvalue weighted by atomic mass is 9.92. The van der Waals surface area contributed by atoms with Gasteiger partial charge in [-0.1, -0.05) is 115 Å². The predicted octanol–water partition coefficient (Wildman–Crippen LogP) is 13.1. The van der Waals surface area contributed by atoms with Crippen LogP contribution in [0.15, 0.2) is 166 Å². The maximum atomic E-state index is 6.60. The zero-order chi connectivity index (χ0) is 34.3. The molecule has 0 aliphatic carbocycles. The first kappa shape index (κ1) is 29.2. The minimum Gasteiger partial charge on any atom is -0.455 e. The van der Waals surface area contributed by atoms with Crippen LogP contribution in [0, 0.1) is 0 Å². The van der Waals surface area contributed by atoms with Crippen molar-refractivity contribution in [3.63, 3.8) is 0 Å². The van der Waals surface area contributed by atoms with E-state index in [2.05, 4.69) is 150 Å². The Balaban J connectivity index is 1.26. The van der Waals surface area contributed by atoms with Crippen molar-refractivity contribution in [1.82, 2.24) is 4.57 Å². The summed E-state index contributed by atoms with van der Waals surface area (Å²) in [7, 11) is 0. The zero-order valence-corrected chi connectivity index (χ0v) is 28.8. The normalized spacial score (nSPS) is 12.5. The number of rotatable bonds is 6. The van der Waals surface area contributed by atoms with Crippen LogP contribution in [0.2, 0.25) is 0 Å². The van der Waals surface area contributed by atoms with Gasteiger partial charge in [0.25, 0.3) is 0 Å². The summed E-state index contributed by atoms with van der Waals surface area (Å²) in [6.07, 6.45) is 0. The summed E-state index contributed by atoms with van der Waals surface area (Å²) < 4.78 is 11.6. The monoisotopic (exact) mass is 683 g/mol. The number of nitrogens with zero attached hydrogens (tertiary/aromatic N) is 3. The fourth-order valence-electron chi connectivity index (χ4n) is 8.29. The molecule has 11 aromatic rings. The fraction of sp³-hybridized carbons (Fsp3) is 0.0213. The number of furan rings is 1. The standard InChI is InChI=1S/C47H29N3OS/c1-48-38-20-10-7-19-34(38)44(33-18-6-5-15-30(33)28-13-3-2-4-14-28)49-27-50-39-26-36-31-16-8-11-21-40(31)51-46(36)35-24-23-29-25-37-32-17-9-12-22-41(32)52-47(37)45(50)42(29)43(35)39/h2-26H,1,27H2/b49-44-. The van der Waals surface area contributed by atoms with Gasteiger partial charge in [0.1, 0.15) is 17.8 Å². The maximum Gasteiger partial charge on any atom is 0.143 e. The van der Waals surface area contributed by atoms with E-state index in [1.165, 1.54) is 41.8 Å². The number of aromatic nitrogens is 1. The summed E-state index contributed by atoms with van der Waals surface area (Å²) in [4.78, 5) is 10.1. The van der Waals surface area contributed by atoms with Gasteiger partial charge in [-0.05, 0) is 59.6 Å². The average molecular weight is 684 g/mol. The maximum absolute atomic E-state index is 6.60. The molecule has 0 fully saturated rings. The molecule has 3 aromatic heterocycles. The van der Waals surface area contributed by atoms with E-state index in [1.54, 1.807) is 0 Å². The molecule has 52 heavy (non-hydrogen) atoms. The summed E-state index contributed by atoms with van der Waals surface area (Å²) in [6, 6.07) is 53.6. The van der Waals surface area contributed by atoms with E-state index in [9.17, 15) is 0 Å². The van der Waals surface area contributed by atoms with E-state index in [-0.39, 0.29) is 0 Å². The second-order valence-electron chi connectivity index (χ2n) is 13.3. The molecule has 8 aromatic carbocycles. The van der Waals surface area contributed by atoms with Crippen LogP contribution in [0.25, 0.3) is 85.8 Å². The first-order valence-corrected chi connectivity index (χ1v) is 18.3. The Morgan fingerprint density at radius 2 is 1.38 bits per heavy atom. The lowest BCUT2D eigenvalue weighted by molar-refractivity contribution is 0.672. The number of benzene rings is 8. The average Bonchev–Trinajstić information content (AvgIpc) is 3.88. The van der Waals surface area contributed by atoms with Gasteiger partial charge in [0.15, 0.2) is 0 Å². The third-order valence-electron chi connectivity index (χ3n) is 10.6. The molecule has 0 bridgehead atoms. The van der Waals surface area contributed by atoms with Gasteiger partial charge in [0.05, 0.1) is 27.1 Å². The molecule has 0 spiro atoms. The summed E-state index contributed by atoms with van der Waals surface area (Å²) in [5.41, 5.74) is 10.1. The van der Waals surface area contributed by atoms with E-state index >= 15 is 0 Å². The highest BCUT2D eigenvalue weighted by molar-refractivity contribution is 7.26. The van der Waals surface area contributed by atoms with Gasteiger partial charge in [0, 0.05) is 53.5 Å². The third kappa shape index (κ3) is 4.14. The number of hydrogen-bond acceptors (Lipinski definition) is 4. The first-order valence-electron chi connectivity index (χ1n) is 17.4. The zero-order valence-electron chi connectivity index (χ0n) is 28.0. The molecule has 0 unspecified atom stereocenters. The van der Waals surface area contributed by atoms with Crippen molar-refractivity contribution < 1.29 is 4.42 Å². The van der Waals surface area contributed by atoms with E-state index < -0.39 is 0 Å². The van der Waals surface area contributed by atoms with Gasteiger partial charge in [-0.15, -0.1) is 11.3 Å². The van der Waals surface area contributed by atoms with Crippen molar-refractivity contribution in [2.24, 2.45) is 9.98 Å².